The summed E-state index contributed by atoms with van der Waals surface area (Å²) >= 11 is 0. The molecule has 21 heavy (non-hydrogen) atoms. The van der Waals surface area contributed by atoms with Gasteiger partial charge in [-0.05, 0) is 36.6 Å². The maximum Gasteiger partial charge on any atom is 0.250 e. The van der Waals surface area contributed by atoms with E-state index in [4.69, 9.17) is 4.74 Å². The van der Waals surface area contributed by atoms with Gasteiger partial charge in [-0.2, -0.15) is 0 Å². The zero-order chi connectivity index (χ0) is 14.7. The molecule has 0 radical (unpaired) electrons. The molecule has 1 aromatic heterocycles. The molecule has 4 heteroatoms. The number of carbonyl (C=O) groups excluding carboxylic acids is 1. The molecule has 1 aliphatic rings. The quantitative estimate of drug-likeness (QED) is 0.866. The Morgan fingerprint density at radius 2 is 2.00 bits per heavy atom. The van der Waals surface area contributed by atoms with Crippen LogP contribution in [-0.4, -0.2) is 17.0 Å². The van der Waals surface area contributed by atoms with Gasteiger partial charge in [0.2, 0.25) is 0 Å². The summed E-state index contributed by atoms with van der Waals surface area (Å²) in [5.74, 6) is 0.883. The molecule has 108 valence electrons. The van der Waals surface area contributed by atoms with Crippen molar-refractivity contribution >= 4 is 5.78 Å². The van der Waals surface area contributed by atoms with Crippen LogP contribution in [0.25, 0.3) is 0 Å². The Morgan fingerprint density at radius 1 is 1.10 bits per heavy atom. The van der Waals surface area contributed by atoms with Crippen molar-refractivity contribution in [2.45, 2.75) is 25.8 Å². The Balaban J connectivity index is 1.66. The van der Waals surface area contributed by atoms with Crippen LogP contribution in [0.15, 0.2) is 47.4 Å². The monoisotopic (exact) mass is 283 g/mol. The molecular formula is C17H17NO3. The summed E-state index contributed by atoms with van der Waals surface area (Å²) in [6, 6.07) is 10.7. The van der Waals surface area contributed by atoms with E-state index < -0.39 is 0 Å². The molecule has 0 fully saturated rings. The number of pyridine rings is 1. The number of ether oxygens (including phenoxy) is 1. The third kappa shape index (κ3) is 3.05. The predicted molar refractivity (Wildman–Crippen MR) is 79.9 cm³/mol. The standard InChI is InChI=1S/C17H17NO3/c19-16-5-3-4-13-7-8-14(12-15(13)16)21-11-10-18-9-2-1-6-17(18)20/h1-2,6-9,12H,3-5,10-11H2. The number of Topliss-reactive ketones (excluding diaryl/α,β-unsaturated/α-hetero) is 1. The number of carbonyl (C=O) groups is 1. The van der Waals surface area contributed by atoms with Gasteiger partial charge in [0.25, 0.3) is 5.56 Å². The van der Waals surface area contributed by atoms with E-state index in [9.17, 15) is 9.59 Å². The fourth-order valence-electron chi connectivity index (χ4n) is 2.60. The lowest BCUT2D eigenvalue weighted by Gasteiger charge is -2.16. The summed E-state index contributed by atoms with van der Waals surface area (Å²) < 4.78 is 7.27. The van der Waals surface area contributed by atoms with Gasteiger partial charge in [-0.1, -0.05) is 12.1 Å². The highest BCUT2D eigenvalue weighted by Crippen LogP contribution is 2.25. The maximum absolute atomic E-state index is 11.9. The van der Waals surface area contributed by atoms with Gasteiger partial charge in [-0.25, -0.2) is 0 Å². The first-order valence-corrected chi connectivity index (χ1v) is 7.18. The van der Waals surface area contributed by atoms with Crippen molar-refractivity contribution in [1.82, 2.24) is 4.57 Å². The van der Waals surface area contributed by atoms with Gasteiger partial charge in [-0.3, -0.25) is 9.59 Å². The van der Waals surface area contributed by atoms with Crippen molar-refractivity contribution in [3.63, 3.8) is 0 Å². The zero-order valence-electron chi connectivity index (χ0n) is 11.7. The van der Waals surface area contributed by atoms with E-state index in [-0.39, 0.29) is 11.3 Å². The summed E-state index contributed by atoms with van der Waals surface area (Å²) in [6.45, 7) is 0.890. The lowest BCUT2D eigenvalue weighted by atomic mass is 9.90. The average Bonchev–Trinajstić information content (AvgIpc) is 2.50. The molecular weight excluding hydrogens is 266 g/mol. The van der Waals surface area contributed by atoms with E-state index in [1.807, 2.05) is 24.3 Å². The number of fused-ring (bicyclic) bond motifs is 1. The van der Waals surface area contributed by atoms with Gasteiger partial charge in [0.1, 0.15) is 12.4 Å². The van der Waals surface area contributed by atoms with E-state index in [0.717, 1.165) is 24.0 Å². The molecule has 0 saturated heterocycles. The smallest absolute Gasteiger partial charge is 0.250 e. The number of aromatic nitrogens is 1. The highest BCUT2D eigenvalue weighted by molar-refractivity contribution is 5.98. The number of rotatable bonds is 4. The van der Waals surface area contributed by atoms with Crippen LogP contribution in [0.5, 0.6) is 5.75 Å². The second-order valence-electron chi connectivity index (χ2n) is 5.18. The lowest BCUT2D eigenvalue weighted by Crippen LogP contribution is -2.21. The van der Waals surface area contributed by atoms with Gasteiger partial charge < -0.3 is 9.30 Å². The van der Waals surface area contributed by atoms with Gasteiger partial charge in [0.15, 0.2) is 5.78 Å². The first-order chi connectivity index (χ1) is 10.2. The number of hydrogen-bond donors (Lipinski definition) is 0. The van der Waals surface area contributed by atoms with E-state index in [1.54, 1.807) is 16.8 Å². The molecule has 0 amide bonds. The average molecular weight is 283 g/mol. The zero-order valence-corrected chi connectivity index (χ0v) is 11.7. The van der Waals surface area contributed by atoms with Crippen molar-refractivity contribution in [3.05, 3.63) is 64.1 Å². The molecule has 0 aliphatic heterocycles. The number of ketones is 1. The fraction of sp³-hybridized carbons (Fsp3) is 0.294. The summed E-state index contributed by atoms with van der Waals surface area (Å²) in [5, 5.41) is 0. The molecule has 2 aromatic rings. The molecule has 3 rings (SSSR count). The van der Waals surface area contributed by atoms with Gasteiger partial charge in [-0.15, -0.1) is 0 Å². The normalized spacial score (nSPS) is 13.8. The van der Waals surface area contributed by atoms with Crippen LogP contribution >= 0.6 is 0 Å². The van der Waals surface area contributed by atoms with Gasteiger partial charge in [0, 0.05) is 24.2 Å². The molecule has 4 nitrogen and oxygen atoms in total. The molecule has 0 N–H and O–H groups in total. The first kappa shape index (κ1) is 13.6. The van der Waals surface area contributed by atoms with E-state index >= 15 is 0 Å². The predicted octanol–water partition coefficient (Wildman–Crippen LogP) is 2.45. The number of aryl methyl sites for hydroxylation is 1. The third-order valence-electron chi connectivity index (χ3n) is 3.73. The Labute approximate surface area is 123 Å². The van der Waals surface area contributed by atoms with Crippen molar-refractivity contribution in [2.24, 2.45) is 0 Å². The Morgan fingerprint density at radius 3 is 2.86 bits per heavy atom. The third-order valence-corrected chi connectivity index (χ3v) is 3.73. The molecule has 0 spiro atoms. The van der Waals surface area contributed by atoms with Crippen LogP contribution < -0.4 is 10.3 Å². The summed E-state index contributed by atoms with van der Waals surface area (Å²) in [5.41, 5.74) is 1.86. The van der Waals surface area contributed by atoms with Crippen molar-refractivity contribution in [3.8, 4) is 5.75 Å². The van der Waals surface area contributed by atoms with Crippen molar-refractivity contribution < 1.29 is 9.53 Å². The van der Waals surface area contributed by atoms with Crippen LogP contribution in [0.1, 0.15) is 28.8 Å². The molecule has 1 aromatic carbocycles. The largest absolute Gasteiger partial charge is 0.492 e. The minimum atomic E-state index is -0.0401. The fourth-order valence-corrected chi connectivity index (χ4v) is 2.60. The first-order valence-electron chi connectivity index (χ1n) is 7.18. The summed E-state index contributed by atoms with van der Waals surface area (Å²) in [6.07, 6.45) is 4.25. The Hall–Kier alpha value is -2.36. The van der Waals surface area contributed by atoms with E-state index in [1.165, 1.54) is 6.07 Å². The van der Waals surface area contributed by atoms with Gasteiger partial charge in [0.05, 0.1) is 6.54 Å². The lowest BCUT2D eigenvalue weighted by molar-refractivity contribution is 0.0972. The minimum absolute atomic E-state index is 0.0401. The second-order valence-corrected chi connectivity index (χ2v) is 5.18. The van der Waals surface area contributed by atoms with Crippen molar-refractivity contribution in [1.29, 1.82) is 0 Å². The maximum atomic E-state index is 11.9. The topological polar surface area (TPSA) is 48.3 Å². The SMILES string of the molecule is O=C1CCCc2ccc(OCCn3ccccc3=O)cc21. The Kier molecular flexibility index (Phi) is 3.86. The van der Waals surface area contributed by atoms with Crippen LogP contribution in [0.4, 0.5) is 0 Å². The molecule has 0 atom stereocenters. The summed E-state index contributed by atoms with van der Waals surface area (Å²) in [4.78, 5) is 23.4. The molecule has 0 bridgehead atoms. The molecule has 0 saturated carbocycles. The van der Waals surface area contributed by atoms with Gasteiger partial charge >= 0.3 is 0 Å². The minimum Gasteiger partial charge on any atom is -0.492 e. The molecule has 0 unspecified atom stereocenters. The van der Waals surface area contributed by atoms with Crippen molar-refractivity contribution in [2.75, 3.05) is 6.61 Å². The van der Waals surface area contributed by atoms with E-state index in [0.29, 0.717) is 25.3 Å². The van der Waals surface area contributed by atoms with Crippen LogP contribution in [0, 0.1) is 0 Å². The highest BCUT2D eigenvalue weighted by atomic mass is 16.5. The highest BCUT2D eigenvalue weighted by Gasteiger charge is 2.17. The van der Waals surface area contributed by atoms with Crippen LogP contribution in [-0.2, 0) is 13.0 Å². The molecule has 1 heterocycles. The summed E-state index contributed by atoms with van der Waals surface area (Å²) in [7, 11) is 0. The Bertz CT molecular complexity index is 718. The number of hydrogen-bond acceptors (Lipinski definition) is 3. The molecule has 1 aliphatic carbocycles. The van der Waals surface area contributed by atoms with E-state index in [2.05, 4.69) is 0 Å². The number of benzene rings is 1. The number of nitrogens with zero attached hydrogens (tertiary/aromatic N) is 1. The second kappa shape index (κ2) is 5.95. The van der Waals surface area contributed by atoms with Crippen LogP contribution in [0.2, 0.25) is 0 Å². The van der Waals surface area contributed by atoms with Crippen LogP contribution in [0.3, 0.4) is 0 Å².